The molecule has 0 bridgehead atoms. The number of nitriles is 1. The molecule has 1 heterocycles. The highest BCUT2D eigenvalue weighted by Crippen LogP contribution is 2.35. The van der Waals surface area contributed by atoms with E-state index < -0.39 is 0 Å². The van der Waals surface area contributed by atoms with E-state index in [1.54, 1.807) is 48.8 Å². The lowest BCUT2D eigenvalue weighted by molar-refractivity contribution is 0.112. The van der Waals surface area contributed by atoms with Crippen molar-refractivity contribution >= 4 is 17.9 Å². The van der Waals surface area contributed by atoms with Crippen molar-refractivity contribution in [3.05, 3.63) is 71.0 Å². The van der Waals surface area contributed by atoms with Crippen molar-refractivity contribution in [3.8, 4) is 28.7 Å². The number of ether oxygens (including phenoxy) is 1. The first kappa shape index (κ1) is 15.7. The number of carbonyl (C=O) groups excluding carboxylic acids is 1. The van der Waals surface area contributed by atoms with Crippen LogP contribution in [0.2, 0.25) is 5.02 Å². The molecule has 0 unspecified atom stereocenters. The molecule has 1 aromatic heterocycles. The smallest absolute Gasteiger partial charge is 0.150 e. The van der Waals surface area contributed by atoms with Gasteiger partial charge in [0.15, 0.2) is 0 Å². The number of benzene rings is 2. The minimum atomic E-state index is 0.291. The number of rotatable bonds is 4. The Hall–Kier alpha value is -3.23. The minimum Gasteiger partial charge on any atom is -0.454 e. The van der Waals surface area contributed by atoms with Crippen molar-refractivity contribution in [1.82, 2.24) is 10.2 Å². The van der Waals surface area contributed by atoms with E-state index in [-0.39, 0.29) is 0 Å². The first-order valence-electron chi connectivity index (χ1n) is 6.95. The van der Waals surface area contributed by atoms with Gasteiger partial charge in [0, 0.05) is 16.7 Å². The Labute approximate surface area is 143 Å². The lowest BCUT2D eigenvalue weighted by atomic mass is 10.0. The van der Waals surface area contributed by atoms with Crippen LogP contribution in [0, 0.1) is 11.3 Å². The SMILES string of the molecule is N#Cc1c(Oc2ccc(C=O)cc2Cl)cccc1-c1ccnnc1. The van der Waals surface area contributed by atoms with Crippen molar-refractivity contribution in [2.45, 2.75) is 0 Å². The number of carbonyl (C=O) groups is 1. The molecular formula is C18H10ClN3O2. The monoisotopic (exact) mass is 335 g/mol. The summed E-state index contributed by atoms with van der Waals surface area (Å²) < 4.78 is 5.79. The predicted molar refractivity (Wildman–Crippen MR) is 89.1 cm³/mol. The van der Waals surface area contributed by atoms with Gasteiger partial charge in [0.25, 0.3) is 0 Å². The molecule has 0 radical (unpaired) electrons. The number of halogens is 1. The normalized spacial score (nSPS) is 10.0. The molecule has 0 saturated carbocycles. The molecule has 3 rings (SSSR count). The Kier molecular flexibility index (Phi) is 4.50. The second-order valence-electron chi connectivity index (χ2n) is 4.83. The quantitative estimate of drug-likeness (QED) is 0.665. The molecule has 2 aromatic carbocycles. The van der Waals surface area contributed by atoms with Gasteiger partial charge in [-0.1, -0.05) is 23.7 Å². The van der Waals surface area contributed by atoms with Crippen LogP contribution in [0.5, 0.6) is 11.5 Å². The molecular weight excluding hydrogens is 326 g/mol. The van der Waals surface area contributed by atoms with Crippen LogP contribution in [0.15, 0.2) is 54.9 Å². The first-order chi connectivity index (χ1) is 11.7. The number of aldehydes is 1. The van der Waals surface area contributed by atoms with Gasteiger partial charge in [0.2, 0.25) is 0 Å². The Bertz CT molecular complexity index is 937. The van der Waals surface area contributed by atoms with E-state index in [0.717, 1.165) is 5.56 Å². The highest BCUT2D eigenvalue weighted by atomic mass is 35.5. The van der Waals surface area contributed by atoms with Gasteiger partial charge in [0.05, 0.1) is 17.4 Å². The van der Waals surface area contributed by atoms with Crippen LogP contribution in [0.4, 0.5) is 0 Å². The van der Waals surface area contributed by atoms with E-state index in [4.69, 9.17) is 16.3 Å². The summed E-state index contributed by atoms with van der Waals surface area (Å²) in [7, 11) is 0. The second-order valence-corrected chi connectivity index (χ2v) is 5.24. The molecule has 0 saturated heterocycles. The molecule has 3 aromatic rings. The summed E-state index contributed by atoms with van der Waals surface area (Å²) in [5, 5.41) is 17.4. The van der Waals surface area contributed by atoms with Crippen LogP contribution in [0.25, 0.3) is 11.1 Å². The van der Waals surface area contributed by atoms with Gasteiger partial charge in [-0.2, -0.15) is 15.5 Å². The van der Waals surface area contributed by atoms with Crippen LogP contribution >= 0.6 is 11.6 Å². The summed E-state index contributed by atoms with van der Waals surface area (Å²) in [5.74, 6) is 0.733. The van der Waals surface area contributed by atoms with Gasteiger partial charge in [-0.3, -0.25) is 4.79 Å². The van der Waals surface area contributed by atoms with Crippen LogP contribution in [0.3, 0.4) is 0 Å². The summed E-state index contributed by atoms with van der Waals surface area (Å²) in [6.07, 6.45) is 3.83. The third kappa shape index (κ3) is 3.09. The fourth-order valence-electron chi connectivity index (χ4n) is 2.21. The third-order valence-electron chi connectivity index (χ3n) is 3.35. The zero-order valence-corrected chi connectivity index (χ0v) is 13.1. The standard InChI is InChI=1S/C18H10ClN3O2/c19-16-8-12(11-23)4-5-18(16)24-17-3-1-2-14(15(17)9-20)13-6-7-21-22-10-13/h1-8,10-11H. The molecule has 0 fully saturated rings. The molecule has 0 atom stereocenters. The lowest BCUT2D eigenvalue weighted by Gasteiger charge is -2.12. The summed E-state index contributed by atoms with van der Waals surface area (Å²) in [5.41, 5.74) is 2.26. The molecule has 116 valence electrons. The molecule has 5 nitrogen and oxygen atoms in total. The van der Waals surface area contributed by atoms with E-state index in [2.05, 4.69) is 16.3 Å². The van der Waals surface area contributed by atoms with Crippen molar-refractivity contribution < 1.29 is 9.53 Å². The fraction of sp³-hybridized carbons (Fsp3) is 0. The van der Waals surface area contributed by atoms with Gasteiger partial charge in [0.1, 0.15) is 29.4 Å². The molecule has 0 amide bonds. The Morgan fingerprint density at radius 3 is 2.67 bits per heavy atom. The maximum absolute atomic E-state index is 10.8. The highest BCUT2D eigenvalue weighted by molar-refractivity contribution is 6.32. The topological polar surface area (TPSA) is 75.9 Å². The molecule has 0 aliphatic carbocycles. The van der Waals surface area contributed by atoms with Crippen molar-refractivity contribution in [2.24, 2.45) is 0 Å². The Morgan fingerprint density at radius 1 is 1.12 bits per heavy atom. The van der Waals surface area contributed by atoms with E-state index >= 15 is 0 Å². The number of hydrogen-bond donors (Lipinski definition) is 0. The van der Waals surface area contributed by atoms with Crippen molar-refractivity contribution in [3.63, 3.8) is 0 Å². The minimum absolute atomic E-state index is 0.291. The predicted octanol–water partition coefficient (Wildman–Crippen LogP) is 4.27. The van der Waals surface area contributed by atoms with Gasteiger partial charge < -0.3 is 4.74 Å². The number of hydrogen-bond acceptors (Lipinski definition) is 5. The van der Waals surface area contributed by atoms with Crippen molar-refractivity contribution in [1.29, 1.82) is 5.26 Å². The number of nitrogens with zero attached hydrogens (tertiary/aromatic N) is 3. The fourth-order valence-corrected chi connectivity index (χ4v) is 2.44. The largest absolute Gasteiger partial charge is 0.454 e. The maximum Gasteiger partial charge on any atom is 0.150 e. The maximum atomic E-state index is 10.8. The van der Waals surface area contributed by atoms with Crippen LogP contribution in [0.1, 0.15) is 15.9 Å². The first-order valence-corrected chi connectivity index (χ1v) is 7.33. The summed E-state index contributed by atoms with van der Waals surface area (Å²) in [6.45, 7) is 0. The molecule has 0 spiro atoms. The summed E-state index contributed by atoms with van der Waals surface area (Å²) >= 11 is 6.13. The van der Waals surface area contributed by atoms with Crippen molar-refractivity contribution in [2.75, 3.05) is 0 Å². The molecule has 0 aliphatic rings. The van der Waals surface area contributed by atoms with Gasteiger partial charge in [-0.15, -0.1) is 0 Å². The molecule has 0 N–H and O–H groups in total. The van der Waals surface area contributed by atoms with E-state index in [9.17, 15) is 10.1 Å². The van der Waals surface area contributed by atoms with E-state index in [1.165, 1.54) is 6.07 Å². The van der Waals surface area contributed by atoms with E-state index in [0.29, 0.717) is 39.5 Å². The molecule has 0 aliphatic heterocycles. The van der Waals surface area contributed by atoms with Crippen LogP contribution in [-0.2, 0) is 0 Å². The summed E-state index contributed by atoms with van der Waals surface area (Å²) in [4.78, 5) is 10.8. The van der Waals surface area contributed by atoms with E-state index in [1.807, 2.05) is 0 Å². The average Bonchev–Trinajstić information content (AvgIpc) is 2.63. The lowest BCUT2D eigenvalue weighted by Crippen LogP contribution is -1.93. The van der Waals surface area contributed by atoms with Gasteiger partial charge in [-0.05, 0) is 30.3 Å². The summed E-state index contributed by atoms with van der Waals surface area (Å²) in [6, 6.07) is 13.9. The highest BCUT2D eigenvalue weighted by Gasteiger charge is 2.13. The zero-order chi connectivity index (χ0) is 16.9. The second kappa shape index (κ2) is 6.90. The Balaban J connectivity index is 2.04. The third-order valence-corrected chi connectivity index (χ3v) is 3.64. The van der Waals surface area contributed by atoms with Gasteiger partial charge in [-0.25, -0.2) is 0 Å². The molecule has 6 heteroatoms. The van der Waals surface area contributed by atoms with Crippen LogP contribution < -0.4 is 4.74 Å². The number of aromatic nitrogens is 2. The Morgan fingerprint density at radius 2 is 2.00 bits per heavy atom. The van der Waals surface area contributed by atoms with Gasteiger partial charge >= 0.3 is 0 Å². The van der Waals surface area contributed by atoms with Crippen LogP contribution in [-0.4, -0.2) is 16.5 Å². The molecule has 24 heavy (non-hydrogen) atoms. The zero-order valence-electron chi connectivity index (χ0n) is 12.3. The average molecular weight is 336 g/mol.